The van der Waals surface area contributed by atoms with Gasteiger partial charge < -0.3 is 15.1 Å². The van der Waals surface area contributed by atoms with Gasteiger partial charge in [0.15, 0.2) is 11.7 Å². The van der Waals surface area contributed by atoms with Crippen molar-refractivity contribution >= 4 is 11.6 Å². The zero-order valence-corrected chi connectivity index (χ0v) is 16.1. The number of aryl methyl sites for hydroxylation is 1. The summed E-state index contributed by atoms with van der Waals surface area (Å²) in [6.45, 7) is 5.69. The maximum atomic E-state index is 13.1. The summed E-state index contributed by atoms with van der Waals surface area (Å²) < 4.78 is 40.6. The van der Waals surface area contributed by atoms with Crippen LogP contribution in [-0.4, -0.2) is 53.4 Å². The highest BCUT2D eigenvalue weighted by atomic mass is 19.4. The molecule has 1 fully saturated rings. The SMILES string of the molecule is CCNC(=NCc1cn(C)nc1C(F)(F)F)N1CCN(c2ccccc2)CC1. The van der Waals surface area contributed by atoms with Gasteiger partial charge in [-0.2, -0.15) is 18.3 Å². The van der Waals surface area contributed by atoms with Crippen LogP contribution >= 0.6 is 0 Å². The molecule has 1 aliphatic rings. The molecule has 0 unspecified atom stereocenters. The molecule has 0 radical (unpaired) electrons. The minimum Gasteiger partial charge on any atom is -0.368 e. The van der Waals surface area contributed by atoms with Crippen molar-refractivity contribution in [1.29, 1.82) is 0 Å². The van der Waals surface area contributed by atoms with Crippen LogP contribution in [0.2, 0.25) is 0 Å². The van der Waals surface area contributed by atoms with Crippen molar-refractivity contribution in [3.8, 4) is 0 Å². The van der Waals surface area contributed by atoms with Crippen LogP contribution in [0, 0.1) is 0 Å². The van der Waals surface area contributed by atoms with Gasteiger partial charge in [-0.25, -0.2) is 4.99 Å². The van der Waals surface area contributed by atoms with E-state index in [-0.39, 0.29) is 12.1 Å². The lowest BCUT2D eigenvalue weighted by molar-refractivity contribution is -0.142. The highest BCUT2D eigenvalue weighted by molar-refractivity contribution is 5.80. The average molecular weight is 394 g/mol. The number of halogens is 3. The molecule has 1 aromatic heterocycles. The van der Waals surface area contributed by atoms with E-state index in [1.807, 2.05) is 25.1 Å². The number of alkyl halides is 3. The zero-order chi connectivity index (χ0) is 20.1. The van der Waals surface area contributed by atoms with Crippen LogP contribution in [0.15, 0.2) is 41.5 Å². The minimum absolute atomic E-state index is 0.0656. The first kappa shape index (κ1) is 20.0. The van der Waals surface area contributed by atoms with E-state index in [0.29, 0.717) is 12.5 Å². The Labute approximate surface area is 162 Å². The Balaban J connectivity index is 1.69. The van der Waals surface area contributed by atoms with Gasteiger partial charge in [0.25, 0.3) is 0 Å². The summed E-state index contributed by atoms with van der Waals surface area (Å²) >= 11 is 0. The second kappa shape index (κ2) is 8.53. The molecule has 0 spiro atoms. The highest BCUT2D eigenvalue weighted by Gasteiger charge is 2.36. The number of piperazine rings is 1. The van der Waals surface area contributed by atoms with E-state index >= 15 is 0 Å². The first-order valence-electron chi connectivity index (χ1n) is 9.31. The number of rotatable bonds is 4. The molecule has 0 aliphatic carbocycles. The van der Waals surface area contributed by atoms with Gasteiger partial charge in [-0.15, -0.1) is 0 Å². The average Bonchev–Trinajstić information content (AvgIpc) is 3.07. The lowest BCUT2D eigenvalue weighted by Crippen LogP contribution is -2.52. The Morgan fingerprint density at radius 3 is 2.43 bits per heavy atom. The van der Waals surface area contributed by atoms with Gasteiger partial charge in [0.05, 0.1) is 6.54 Å². The second-order valence-corrected chi connectivity index (χ2v) is 6.65. The van der Waals surface area contributed by atoms with E-state index in [0.717, 1.165) is 26.2 Å². The second-order valence-electron chi connectivity index (χ2n) is 6.65. The van der Waals surface area contributed by atoms with Crippen molar-refractivity contribution in [2.24, 2.45) is 12.0 Å². The molecule has 6 nitrogen and oxygen atoms in total. The Bertz CT molecular complexity index is 792. The number of nitrogens with zero attached hydrogens (tertiary/aromatic N) is 5. The fraction of sp³-hybridized carbons (Fsp3) is 0.474. The number of para-hydroxylation sites is 1. The molecule has 152 valence electrons. The third kappa shape index (κ3) is 4.76. The van der Waals surface area contributed by atoms with Gasteiger partial charge in [-0.1, -0.05) is 18.2 Å². The number of guanidine groups is 1. The van der Waals surface area contributed by atoms with Crippen molar-refractivity contribution in [3.05, 3.63) is 47.8 Å². The third-order valence-electron chi connectivity index (χ3n) is 4.61. The summed E-state index contributed by atoms with van der Waals surface area (Å²) in [7, 11) is 1.48. The minimum atomic E-state index is -4.48. The first-order valence-corrected chi connectivity index (χ1v) is 9.31. The maximum absolute atomic E-state index is 13.1. The summed E-state index contributed by atoms with van der Waals surface area (Å²) in [6.07, 6.45) is -3.10. The van der Waals surface area contributed by atoms with Crippen LogP contribution in [0.3, 0.4) is 0 Å². The van der Waals surface area contributed by atoms with Crippen LogP contribution in [0.1, 0.15) is 18.2 Å². The molecule has 3 rings (SSSR count). The molecule has 0 saturated carbocycles. The molecule has 1 saturated heterocycles. The fourth-order valence-electron chi connectivity index (χ4n) is 3.29. The van der Waals surface area contributed by atoms with Crippen molar-refractivity contribution in [1.82, 2.24) is 20.0 Å². The van der Waals surface area contributed by atoms with Crippen LogP contribution in [0.25, 0.3) is 0 Å². The van der Waals surface area contributed by atoms with Crippen molar-refractivity contribution in [2.75, 3.05) is 37.6 Å². The van der Waals surface area contributed by atoms with Gasteiger partial charge in [-0.3, -0.25) is 4.68 Å². The smallest absolute Gasteiger partial charge is 0.368 e. The number of hydrogen-bond acceptors (Lipinski definition) is 3. The summed E-state index contributed by atoms with van der Waals surface area (Å²) in [5.74, 6) is 0.632. The van der Waals surface area contributed by atoms with E-state index in [9.17, 15) is 13.2 Å². The first-order chi connectivity index (χ1) is 13.4. The Morgan fingerprint density at radius 2 is 1.82 bits per heavy atom. The van der Waals surface area contributed by atoms with E-state index in [4.69, 9.17) is 0 Å². The number of benzene rings is 1. The third-order valence-corrected chi connectivity index (χ3v) is 4.61. The molecule has 1 aromatic carbocycles. The van der Waals surface area contributed by atoms with Crippen molar-refractivity contribution in [2.45, 2.75) is 19.6 Å². The molecular formula is C19H25F3N6. The summed E-state index contributed by atoms with van der Waals surface area (Å²) in [5.41, 5.74) is 0.381. The lowest BCUT2D eigenvalue weighted by atomic mass is 10.2. The van der Waals surface area contributed by atoms with E-state index in [1.165, 1.54) is 23.6 Å². The number of aliphatic imine (C=N–C) groups is 1. The van der Waals surface area contributed by atoms with Gasteiger partial charge in [0, 0.05) is 57.2 Å². The summed E-state index contributed by atoms with van der Waals surface area (Å²) in [5, 5.41) is 6.73. The Hall–Kier alpha value is -2.71. The van der Waals surface area contributed by atoms with Gasteiger partial charge in [0.1, 0.15) is 0 Å². The number of nitrogens with one attached hydrogen (secondary N) is 1. The van der Waals surface area contributed by atoms with Crippen LogP contribution in [-0.2, 0) is 19.8 Å². The maximum Gasteiger partial charge on any atom is 0.435 e. The topological polar surface area (TPSA) is 48.7 Å². The number of anilines is 1. The van der Waals surface area contributed by atoms with Crippen LogP contribution in [0.4, 0.5) is 18.9 Å². The van der Waals surface area contributed by atoms with Gasteiger partial charge in [-0.05, 0) is 19.1 Å². The molecule has 0 atom stereocenters. The molecule has 2 aromatic rings. The van der Waals surface area contributed by atoms with E-state index in [2.05, 4.69) is 37.3 Å². The highest BCUT2D eigenvalue weighted by Crippen LogP contribution is 2.30. The van der Waals surface area contributed by atoms with Gasteiger partial charge in [0.2, 0.25) is 0 Å². The lowest BCUT2D eigenvalue weighted by Gasteiger charge is -2.37. The predicted molar refractivity (Wildman–Crippen MR) is 103 cm³/mol. The molecule has 0 amide bonds. The molecular weight excluding hydrogens is 369 g/mol. The molecule has 28 heavy (non-hydrogen) atoms. The quantitative estimate of drug-likeness (QED) is 0.640. The normalized spacial score (nSPS) is 15.8. The predicted octanol–water partition coefficient (Wildman–Crippen LogP) is 2.73. The largest absolute Gasteiger partial charge is 0.435 e. The molecule has 1 N–H and O–H groups in total. The van der Waals surface area contributed by atoms with Crippen molar-refractivity contribution < 1.29 is 13.2 Å². The summed E-state index contributed by atoms with van der Waals surface area (Å²) in [6, 6.07) is 10.2. The fourth-order valence-corrected chi connectivity index (χ4v) is 3.29. The molecule has 1 aliphatic heterocycles. The van der Waals surface area contributed by atoms with Crippen molar-refractivity contribution in [3.63, 3.8) is 0 Å². The van der Waals surface area contributed by atoms with Crippen LogP contribution in [0.5, 0.6) is 0 Å². The molecule has 9 heteroatoms. The number of aromatic nitrogens is 2. The Morgan fingerprint density at radius 1 is 1.14 bits per heavy atom. The number of hydrogen-bond donors (Lipinski definition) is 1. The van der Waals surface area contributed by atoms with E-state index in [1.54, 1.807) is 0 Å². The van der Waals surface area contributed by atoms with Crippen LogP contribution < -0.4 is 10.2 Å². The molecule has 2 heterocycles. The monoisotopic (exact) mass is 394 g/mol. The Kier molecular flexibility index (Phi) is 6.11. The zero-order valence-electron chi connectivity index (χ0n) is 16.1. The van der Waals surface area contributed by atoms with Gasteiger partial charge >= 0.3 is 6.18 Å². The standard InChI is InChI=1S/C19H25F3N6/c1-3-23-18(24-13-15-14-26(2)25-17(15)19(20,21)22)28-11-9-27(10-12-28)16-7-5-4-6-8-16/h4-8,14H,3,9-13H2,1-2H3,(H,23,24). The molecule has 0 bridgehead atoms. The summed E-state index contributed by atoms with van der Waals surface area (Å²) in [4.78, 5) is 8.84. The van der Waals surface area contributed by atoms with E-state index < -0.39 is 11.9 Å².